The number of nitrogens with zero attached hydrogens (tertiary/aromatic N) is 1. The molecule has 0 radical (unpaired) electrons. The molecule has 2 heterocycles. The molecule has 6 nitrogen and oxygen atoms in total. The fraction of sp³-hybridized carbons (Fsp3) is 1.00. The summed E-state index contributed by atoms with van der Waals surface area (Å²) in [5, 5.41) is 9.48. The first-order valence-corrected chi connectivity index (χ1v) is 4.57. The van der Waals surface area contributed by atoms with Crippen molar-refractivity contribution < 1.29 is 19.4 Å². The van der Waals surface area contributed by atoms with Gasteiger partial charge in [-0.15, -0.1) is 10.1 Å². The van der Waals surface area contributed by atoms with Gasteiger partial charge in [-0.3, -0.25) is 0 Å². The van der Waals surface area contributed by atoms with Crippen LogP contribution in [0.4, 0.5) is 0 Å². The van der Waals surface area contributed by atoms with Gasteiger partial charge in [0, 0.05) is 6.42 Å². The van der Waals surface area contributed by atoms with Crippen molar-refractivity contribution in [2.24, 2.45) is 0 Å². The van der Waals surface area contributed by atoms with Gasteiger partial charge in [0.2, 0.25) is 0 Å². The highest BCUT2D eigenvalue weighted by Crippen LogP contribution is 2.46. The highest BCUT2D eigenvalue weighted by molar-refractivity contribution is 5.09. The van der Waals surface area contributed by atoms with E-state index in [1.165, 1.54) is 0 Å². The van der Waals surface area contributed by atoms with Gasteiger partial charge in [0.15, 0.2) is 6.10 Å². The van der Waals surface area contributed by atoms with Crippen LogP contribution in [-0.2, 0) is 14.3 Å². The normalized spacial score (nSPS) is 46.3. The number of ether oxygens (including phenoxy) is 2. The van der Waals surface area contributed by atoms with Crippen LogP contribution in [0.25, 0.3) is 0 Å². The van der Waals surface area contributed by atoms with Gasteiger partial charge in [0.1, 0.15) is 5.60 Å². The van der Waals surface area contributed by atoms with E-state index in [0.29, 0.717) is 6.61 Å². The fourth-order valence-electron chi connectivity index (χ4n) is 2.16. The highest BCUT2D eigenvalue weighted by Gasteiger charge is 2.62. The van der Waals surface area contributed by atoms with E-state index in [4.69, 9.17) is 9.47 Å². The molecule has 3 atom stereocenters. The Morgan fingerprint density at radius 2 is 2.21 bits per heavy atom. The summed E-state index contributed by atoms with van der Waals surface area (Å²) in [5.74, 6) is 0. The Hall–Kier alpha value is -0.880. The lowest BCUT2D eigenvalue weighted by molar-refractivity contribution is -0.771. The van der Waals surface area contributed by atoms with Gasteiger partial charge in [-0.2, -0.15) is 0 Å². The zero-order valence-electron chi connectivity index (χ0n) is 8.19. The zero-order chi connectivity index (χ0) is 10.4. The summed E-state index contributed by atoms with van der Waals surface area (Å²) in [6.45, 7) is 4.49. The topological polar surface area (TPSA) is 70.8 Å². The Morgan fingerprint density at radius 1 is 1.50 bits per heavy atom. The number of hydrogen-bond acceptors (Lipinski definition) is 5. The minimum Gasteiger partial charge on any atom is -0.370 e. The average Bonchev–Trinajstić information content (AvgIpc) is 2.47. The van der Waals surface area contributed by atoms with Gasteiger partial charge < -0.3 is 14.3 Å². The Kier molecular flexibility index (Phi) is 1.94. The van der Waals surface area contributed by atoms with Crippen LogP contribution < -0.4 is 0 Å². The third kappa shape index (κ3) is 1.10. The van der Waals surface area contributed by atoms with Gasteiger partial charge in [-0.25, -0.2) is 0 Å². The Labute approximate surface area is 81.2 Å². The van der Waals surface area contributed by atoms with E-state index in [0.717, 1.165) is 6.42 Å². The van der Waals surface area contributed by atoms with Crippen LogP contribution in [-0.4, -0.2) is 35.6 Å². The molecule has 0 bridgehead atoms. The largest absolute Gasteiger partial charge is 0.370 e. The molecule has 80 valence electrons. The van der Waals surface area contributed by atoms with E-state index < -0.39 is 22.4 Å². The van der Waals surface area contributed by atoms with Crippen LogP contribution in [0.2, 0.25) is 0 Å². The van der Waals surface area contributed by atoms with Crippen LogP contribution in [0.5, 0.6) is 0 Å². The minimum absolute atomic E-state index is 0.216. The van der Waals surface area contributed by atoms with Crippen LogP contribution >= 0.6 is 0 Å². The van der Waals surface area contributed by atoms with E-state index in [2.05, 4.69) is 4.84 Å². The van der Waals surface area contributed by atoms with Crippen molar-refractivity contribution in [2.45, 2.75) is 37.6 Å². The quantitative estimate of drug-likeness (QED) is 0.483. The van der Waals surface area contributed by atoms with E-state index in [1.54, 1.807) is 6.92 Å². The van der Waals surface area contributed by atoms with E-state index in [1.807, 2.05) is 6.92 Å². The van der Waals surface area contributed by atoms with Gasteiger partial charge >= 0.3 is 0 Å². The molecule has 2 fully saturated rings. The molecule has 2 saturated heterocycles. The molecule has 0 spiro atoms. The van der Waals surface area contributed by atoms with Crippen molar-refractivity contribution in [3.05, 3.63) is 10.1 Å². The van der Waals surface area contributed by atoms with Gasteiger partial charge in [-0.1, -0.05) is 0 Å². The predicted octanol–water partition coefficient (Wildman–Crippen LogP) is 0.531. The maximum Gasteiger partial charge on any atom is 0.294 e. The molecule has 0 aromatic heterocycles. The third-order valence-corrected chi connectivity index (χ3v) is 3.41. The average molecular weight is 203 g/mol. The molecule has 0 unspecified atom stereocenters. The number of hydrogen-bond donors (Lipinski definition) is 0. The summed E-state index contributed by atoms with van der Waals surface area (Å²) in [6.07, 6.45) is 0.131. The lowest BCUT2D eigenvalue weighted by Gasteiger charge is -2.33. The Bertz CT molecular complexity index is 270. The van der Waals surface area contributed by atoms with Crippen molar-refractivity contribution in [3.8, 4) is 0 Å². The summed E-state index contributed by atoms with van der Waals surface area (Å²) in [5.41, 5.74) is -1.15. The molecule has 0 aromatic rings. The molecule has 2 rings (SSSR count). The van der Waals surface area contributed by atoms with Gasteiger partial charge in [0.05, 0.1) is 18.8 Å². The van der Waals surface area contributed by atoms with Gasteiger partial charge in [-0.05, 0) is 13.8 Å². The second-order valence-electron chi connectivity index (χ2n) is 4.07. The molecular formula is C8H13NO5. The summed E-state index contributed by atoms with van der Waals surface area (Å²) in [6, 6.07) is 0. The Morgan fingerprint density at radius 3 is 2.86 bits per heavy atom. The molecular weight excluding hydrogens is 190 g/mol. The second-order valence-corrected chi connectivity index (χ2v) is 4.07. The third-order valence-electron chi connectivity index (χ3n) is 3.41. The zero-order valence-corrected chi connectivity index (χ0v) is 8.19. The molecule has 2 aliphatic rings. The monoisotopic (exact) mass is 203 g/mol. The maximum absolute atomic E-state index is 10.3. The first kappa shape index (κ1) is 9.67. The molecule has 0 aliphatic carbocycles. The van der Waals surface area contributed by atoms with Crippen molar-refractivity contribution in [1.29, 1.82) is 0 Å². The van der Waals surface area contributed by atoms with Crippen molar-refractivity contribution in [2.75, 3.05) is 13.2 Å². The number of rotatable bonds is 2. The van der Waals surface area contributed by atoms with Crippen molar-refractivity contribution in [3.63, 3.8) is 0 Å². The van der Waals surface area contributed by atoms with Crippen LogP contribution in [0.15, 0.2) is 0 Å². The summed E-state index contributed by atoms with van der Waals surface area (Å²) in [7, 11) is 0. The molecule has 6 heteroatoms. The highest BCUT2D eigenvalue weighted by atomic mass is 17.0. The smallest absolute Gasteiger partial charge is 0.294 e. The van der Waals surface area contributed by atoms with Crippen LogP contribution in [0.1, 0.15) is 20.3 Å². The molecule has 0 N–H and O–H groups in total. The minimum atomic E-state index is -0.785. The fourth-order valence-corrected chi connectivity index (χ4v) is 2.16. The standard InChI is InChI=1S/C8H13NO5/c1-7-3-4-12-8(7,2)6(5-13-7)14-9(10)11/h6H,3-5H2,1-2H3/t6-,7+,8+/m1/s1. The van der Waals surface area contributed by atoms with Gasteiger partial charge in [0.25, 0.3) is 5.09 Å². The molecule has 0 saturated carbocycles. The lowest BCUT2D eigenvalue weighted by Crippen LogP contribution is -2.50. The van der Waals surface area contributed by atoms with E-state index in [9.17, 15) is 10.1 Å². The first-order valence-electron chi connectivity index (χ1n) is 4.57. The van der Waals surface area contributed by atoms with E-state index >= 15 is 0 Å². The van der Waals surface area contributed by atoms with Crippen molar-refractivity contribution >= 4 is 0 Å². The predicted molar refractivity (Wildman–Crippen MR) is 45.2 cm³/mol. The van der Waals surface area contributed by atoms with Crippen molar-refractivity contribution in [1.82, 2.24) is 0 Å². The SMILES string of the molecule is C[C@@]12OCC[C@]1(C)OC[C@H]2O[N+](=O)[O-]. The van der Waals surface area contributed by atoms with E-state index in [-0.39, 0.29) is 6.61 Å². The molecule has 0 amide bonds. The summed E-state index contributed by atoms with van der Waals surface area (Å²) < 4.78 is 11.1. The Balaban J connectivity index is 2.19. The van der Waals surface area contributed by atoms with Crippen LogP contribution in [0.3, 0.4) is 0 Å². The maximum atomic E-state index is 10.3. The lowest BCUT2D eigenvalue weighted by atomic mass is 9.84. The second kappa shape index (κ2) is 2.80. The molecule has 14 heavy (non-hydrogen) atoms. The first-order chi connectivity index (χ1) is 6.48. The van der Waals surface area contributed by atoms with Crippen LogP contribution in [0, 0.1) is 10.1 Å². The summed E-state index contributed by atoms with van der Waals surface area (Å²) >= 11 is 0. The summed E-state index contributed by atoms with van der Waals surface area (Å²) in [4.78, 5) is 14.8. The number of fused-ring (bicyclic) bond motifs is 1. The molecule has 0 aromatic carbocycles. The molecule has 2 aliphatic heterocycles.